The predicted octanol–water partition coefficient (Wildman–Crippen LogP) is 4.28. The first kappa shape index (κ1) is 14.1. The molecule has 1 aromatic heterocycles. The molecule has 3 nitrogen and oxygen atoms in total. The molecule has 1 aliphatic rings. The quantitative estimate of drug-likeness (QED) is 0.865. The summed E-state index contributed by atoms with van der Waals surface area (Å²) in [5.41, 5.74) is 1.99. The molecule has 1 amide bonds. The number of benzene rings is 1. The van der Waals surface area contributed by atoms with E-state index in [1.54, 1.807) is 11.3 Å². The molecule has 0 saturated heterocycles. The van der Waals surface area contributed by atoms with Gasteiger partial charge in [-0.25, -0.2) is 0 Å². The van der Waals surface area contributed by atoms with Crippen molar-refractivity contribution >= 4 is 28.6 Å². The zero-order valence-electron chi connectivity index (χ0n) is 12.0. The number of carbonyl (C=O) groups excluding carboxylic acids is 1. The Labute approximate surface area is 129 Å². The Kier molecular flexibility index (Phi) is 4.55. The number of hydrogen-bond acceptors (Lipinski definition) is 3. The molecule has 1 aromatic carbocycles. The van der Waals surface area contributed by atoms with Crippen LogP contribution in [0.2, 0.25) is 0 Å². The molecule has 1 fully saturated rings. The molecule has 2 N–H and O–H groups in total. The molecule has 0 unspecified atom stereocenters. The van der Waals surface area contributed by atoms with E-state index in [1.807, 2.05) is 41.8 Å². The molecule has 1 heterocycles. The van der Waals surface area contributed by atoms with Crippen LogP contribution in [0.5, 0.6) is 0 Å². The van der Waals surface area contributed by atoms with Crippen molar-refractivity contribution < 1.29 is 4.79 Å². The number of nitrogens with one attached hydrogen (secondary N) is 2. The monoisotopic (exact) mass is 300 g/mol. The van der Waals surface area contributed by atoms with Gasteiger partial charge in [0, 0.05) is 22.3 Å². The molecule has 0 radical (unpaired) electrons. The minimum atomic E-state index is 0.0361. The van der Waals surface area contributed by atoms with Gasteiger partial charge in [-0.3, -0.25) is 4.79 Å². The van der Waals surface area contributed by atoms with E-state index < -0.39 is 0 Å². The van der Waals surface area contributed by atoms with E-state index in [2.05, 4.69) is 10.6 Å². The molecule has 0 spiro atoms. The third-order valence-corrected chi connectivity index (χ3v) is 4.69. The van der Waals surface area contributed by atoms with Crippen LogP contribution >= 0.6 is 11.3 Å². The fourth-order valence-corrected chi connectivity index (χ4v) is 3.44. The zero-order valence-corrected chi connectivity index (χ0v) is 12.8. The Balaban J connectivity index is 1.52. The molecule has 2 aromatic rings. The summed E-state index contributed by atoms with van der Waals surface area (Å²) in [5, 5.41) is 8.48. The molecule has 1 saturated carbocycles. The Morgan fingerprint density at radius 1 is 1.10 bits per heavy atom. The molecule has 1 aliphatic carbocycles. The van der Waals surface area contributed by atoms with E-state index in [-0.39, 0.29) is 5.91 Å². The lowest BCUT2D eigenvalue weighted by atomic mass is 10.2. The van der Waals surface area contributed by atoms with Crippen LogP contribution in [0.1, 0.15) is 30.6 Å². The first-order valence-corrected chi connectivity index (χ1v) is 8.36. The van der Waals surface area contributed by atoms with Crippen molar-refractivity contribution in [3.8, 4) is 0 Å². The largest absolute Gasteiger partial charge is 0.382 e. The molecule has 21 heavy (non-hydrogen) atoms. The molecule has 0 atom stereocenters. The first-order valence-electron chi connectivity index (χ1n) is 7.48. The van der Waals surface area contributed by atoms with Gasteiger partial charge in [0.2, 0.25) is 5.91 Å². The third kappa shape index (κ3) is 4.08. The van der Waals surface area contributed by atoms with E-state index >= 15 is 0 Å². The second-order valence-corrected chi connectivity index (χ2v) is 6.54. The van der Waals surface area contributed by atoms with Crippen LogP contribution in [-0.2, 0) is 11.2 Å². The minimum Gasteiger partial charge on any atom is -0.382 e. The summed E-state index contributed by atoms with van der Waals surface area (Å²) < 4.78 is 0. The van der Waals surface area contributed by atoms with Crippen LogP contribution in [0.15, 0.2) is 41.8 Å². The average molecular weight is 300 g/mol. The van der Waals surface area contributed by atoms with E-state index in [0.717, 1.165) is 16.3 Å². The molecular weight excluding hydrogens is 280 g/mol. The number of carbonyl (C=O) groups is 1. The Bertz CT molecular complexity index is 571. The van der Waals surface area contributed by atoms with Crippen molar-refractivity contribution in [2.24, 2.45) is 0 Å². The summed E-state index contributed by atoms with van der Waals surface area (Å²) in [7, 11) is 0. The second-order valence-electron chi connectivity index (χ2n) is 5.51. The summed E-state index contributed by atoms with van der Waals surface area (Å²) in [6, 6.07) is 12.6. The summed E-state index contributed by atoms with van der Waals surface area (Å²) in [5.74, 6) is 0.0361. The topological polar surface area (TPSA) is 41.1 Å². The number of amides is 1. The van der Waals surface area contributed by atoms with Gasteiger partial charge in [-0.05, 0) is 48.6 Å². The van der Waals surface area contributed by atoms with Crippen LogP contribution in [0, 0.1) is 0 Å². The smallest absolute Gasteiger partial charge is 0.229 e. The van der Waals surface area contributed by atoms with Crippen molar-refractivity contribution in [3.63, 3.8) is 0 Å². The fourth-order valence-electron chi connectivity index (χ4n) is 2.73. The van der Waals surface area contributed by atoms with E-state index in [4.69, 9.17) is 0 Å². The minimum absolute atomic E-state index is 0.0361. The Morgan fingerprint density at radius 3 is 2.48 bits per heavy atom. The van der Waals surface area contributed by atoms with Crippen molar-refractivity contribution in [2.45, 2.75) is 38.1 Å². The van der Waals surface area contributed by atoms with Crippen LogP contribution in [0.4, 0.5) is 11.4 Å². The molecule has 0 aliphatic heterocycles. The number of thiophene rings is 1. The van der Waals surface area contributed by atoms with E-state index in [0.29, 0.717) is 12.5 Å². The van der Waals surface area contributed by atoms with Gasteiger partial charge in [-0.15, -0.1) is 11.3 Å². The molecular formula is C17H20N2OS. The number of hydrogen-bond donors (Lipinski definition) is 2. The lowest BCUT2D eigenvalue weighted by Gasteiger charge is -2.14. The molecule has 4 heteroatoms. The van der Waals surface area contributed by atoms with Gasteiger partial charge < -0.3 is 10.6 Å². The van der Waals surface area contributed by atoms with Gasteiger partial charge in [-0.2, -0.15) is 0 Å². The van der Waals surface area contributed by atoms with Crippen LogP contribution in [0.3, 0.4) is 0 Å². The Hall–Kier alpha value is -1.81. The molecule has 110 valence electrons. The lowest BCUT2D eigenvalue weighted by Crippen LogP contribution is -2.15. The third-order valence-electron chi connectivity index (χ3n) is 3.81. The van der Waals surface area contributed by atoms with Crippen LogP contribution in [0.25, 0.3) is 0 Å². The van der Waals surface area contributed by atoms with Gasteiger partial charge in [0.1, 0.15) is 0 Å². The van der Waals surface area contributed by atoms with E-state index in [9.17, 15) is 4.79 Å². The summed E-state index contributed by atoms with van der Waals surface area (Å²) >= 11 is 1.61. The fraction of sp³-hybridized carbons (Fsp3) is 0.353. The average Bonchev–Trinajstić information content (AvgIpc) is 3.14. The SMILES string of the molecule is O=C(Cc1cccs1)Nc1ccc(NC2CCCC2)cc1. The zero-order chi connectivity index (χ0) is 14.5. The maximum absolute atomic E-state index is 11.9. The van der Waals surface area contributed by atoms with Crippen molar-refractivity contribution in [1.29, 1.82) is 0 Å². The van der Waals surface area contributed by atoms with E-state index in [1.165, 1.54) is 25.7 Å². The summed E-state index contributed by atoms with van der Waals surface area (Å²) in [6.45, 7) is 0. The standard InChI is InChI=1S/C17H20N2OS/c20-17(12-16-6-3-11-21-16)19-15-9-7-14(8-10-15)18-13-4-1-2-5-13/h3,6-11,13,18H,1-2,4-5,12H2,(H,19,20). The van der Waals surface area contributed by atoms with Crippen molar-refractivity contribution in [3.05, 3.63) is 46.7 Å². The highest BCUT2D eigenvalue weighted by Crippen LogP contribution is 2.23. The Morgan fingerprint density at radius 2 is 1.81 bits per heavy atom. The van der Waals surface area contributed by atoms with Crippen molar-refractivity contribution in [2.75, 3.05) is 10.6 Å². The maximum Gasteiger partial charge on any atom is 0.229 e. The summed E-state index contributed by atoms with van der Waals surface area (Å²) in [6.07, 6.45) is 5.63. The van der Waals surface area contributed by atoms with Gasteiger partial charge >= 0.3 is 0 Å². The predicted molar refractivity (Wildman–Crippen MR) is 89.0 cm³/mol. The van der Waals surface area contributed by atoms with Crippen LogP contribution in [-0.4, -0.2) is 11.9 Å². The highest BCUT2D eigenvalue weighted by Gasteiger charge is 2.14. The molecule has 0 bridgehead atoms. The highest BCUT2D eigenvalue weighted by molar-refractivity contribution is 7.10. The first-order chi connectivity index (χ1) is 10.3. The normalized spacial score (nSPS) is 15.0. The lowest BCUT2D eigenvalue weighted by molar-refractivity contribution is -0.115. The number of anilines is 2. The van der Waals surface area contributed by atoms with Gasteiger partial charge in [0.25, 0.3) is 0 Å². The maximum atomic E-state index is 11.9. The van der Waals surface area contributed by atoms with Gasteiger partial charge in [0.15, 0.2) is 0 Å². The van der Waals surface area contributed by atoms with Crippen LogP contribution < -0.4 is 10.6 Å². The highest BCUT2D eigenvalue weighted by atomic mass is 32.1. The van der Waals surface area contributed by atoms with Gasteiger partial charge in [-0.1, -0.05) is 18.9 Å². The van der Waals surface area contributed by atoms with Crippen molar-refractivity contribution in [1.82, 2.24) is 0 Å². The summed E-state index contributed by atoms with van der Waals surface area (Å²) in [4.78, 5) is 13.0. The number of rotatable bonds is 5. The van der Waals surface area contributed by atoms with Gasteiger partial charge in [0.05, 0.1) is 6.42 Å². The second kappa shape index (κ2) is 6.76. The molecule has 3 rings (SSSR count).